The van der Waals surface area contributed by atoms with Crippen LogP contribution in [0.3, 0.4) is 0 Å². The highest BCUT2D eigenvalue weighted by atomic mass is 19.4. The highest BCUT2D eigenvalue weighted by Gasteiger charge is 2.95. The number of alkyl halides is 17. The molecule has 1 N–H and O–H groups in total. The molecule has 0 spiro atoms. The number of amides is 2. The third-order valence-electron chi connectivity index (χ3n) is 8.84. The van der Waals surface area contributed by atoms with Crippen LogP contribution in [0, 0.1) is 5.92 Å². The van der Waals surface area contributed by atoms with E-state index in [1.165, 1.54) is 0 Å². The Balaban J connectivity index is 1.59. The third-order valence-corrected chi connectivity index (χ3v) is 8.84. The van der Waals surface area contributed by atoms with Crippen molar-refractivity contribution in [2.45, 2.75) is 99.3 Å². The summed E-state index contributed by atoms with van der Waals surface area (Å²) < 4.78 is 236. The normalized spacial score (nSPS) is 16.2. The van der Waals surface area contributed by atoms with E-state index in [2.05, 4.69) is 5.32 Å². The topological polar surface area (TPSA) is 58.6 Å². The molecule has 1 fully saturated rings. The fourth-order valence-corrected chi connectivity index (χ4v) is 5.27. The minimum atomic E-state index is -8.71. The maximum atomic E-state index is 14.4. The van der Waals surface area contributed by atoms with Gasteiger partial charge < -0.3 is 15.0 Å². The number of nitrogens with zero attached hydrogens (tertiary/aromatic N) is 1. The summed E-state index contributed by atoms with van der Waals surface area (Å²) in [5, 5.41) is 2.74. The molecule has 0 atom stereocenters. The van der Waals surface area contributed by atoms with Crippen molar-refractivity contribution in [3.8, 4) is 11.1 Å². The lowest BCUT2D eigenvalue weighted by molar-refractivity contribution is -0.462. The van der Waals surface area contributed by atoms with Gasteiger partial charge in [-0.25, -0.2) is 4.79 Å². The van der Waals surface area contributed by atoms with Gasteiger partial charge in [0.15, 0.2) is 0 Å². The first-order valence-electron chi connectivity index (χ1n) is 15.9. The lowest BCUT2D eigenvalue weighted by atomic mass is 9.87. The van der Waals surface area contributed by atoms with Crippen molar-refractivity contribution in [2.24, 2.45) is 5.92 Å². The van der Waals surface area contributed by atoms with E-state index in [1.54, 1.807) is 12.1 Å². The summed E-state index contributed by atoms with van der Waals surface area (Å²) in [5.74, 6) is -58.0. The van der Waals surface area contributed by atoms with Crippen molar-refractivity contribution in [3.63, 3.8) is 0 Å². The van der Waals surface area contributed by atoms with Gasteiger partial charge in [-0.3, -0.25) is 4.79 Å². The second kappa shape index (κ2) is 15.2. The van der Waals surface area contributed by atoms with E-state index in [0.717, 1.165) is 35.4 Å². The van der Waals surface area contributed by atoms with E-state index in [-0.39, 0.29) is 38.4 Å². The maximum Gasteiger partial charge on any atom is 0.460 e. The highest BCUT2D eigenvalue weighted by molar-refractivity contribution is 5.79. The number of benzene rings is 2. The predicted octanol–water partition coefficient (Wildman–Crippen LogP) is 10.4. The smallest absolute Gasteiger partial charge is 0.443 e. The van der Waals surface area contributed by atoms with E-state index in [9.17, 15) is 84.2 Å². The average Bonchev–Trinajstić information content (AvgIpc) is 3.09. The zero-order valence-corrected chi connectivity index (χ0v) is 28.3. The standard InChI is InChI=1S/C33H31F17N2O3/c1-25(2,14-15-26(34,35)27(36,37)28(38,39)29(40,41)30(42,43)31(44,45)32(46,47)33(48,49)50)55-24(54)52-16-12-22(13-17-52)23(53)51-18-19-8-10-21(11-9-19)20-6-4-3-5-7-20/h3-11,22H,12-18H2,1-2H3,(H,51,53). The van der Waals surface area contributed by atoms with Crippen molar-refractivity contribution < 1.29 is 89.0 Å². The first-order chi connectivity index (χ1) is 24.8. The van der Waals surface area contributed by atoms with Crippen LogP contribution in [0.1, 0.15) is 45.1 Å². The van der Waals surface area contributed by atoms with E-state index in [1.807, 2.05) is 42.5 Å². The molecule has 310 valence electrons. The molecule has 0 radical (unpaired) electrons. The van der Waals surface area contributed by atoms with Crippen molar-refractivity contribution in [1.82, 2.24) is 10.2 Å². The zero-order chi connectivity index (χ0) is 42.3. The Bertz CT molecular complexity index is 1640. The SMILES string of the molecule is CC(C)(CCC(F)(F)C(F)(F)C(F)(F)C(F)(F)C(F)(F)C(F)(F)C(F)(F)C(F)(F)F)OC(=O)N1CCC(C(=O)NCc2ccc(-c3ccccc3)cc2)CC1. The molecular formula is C33H31F17N2O3. The minimum Gasteiger partial charge on any atom is -0.443 e. The van der Waals surface area contributed by atoms with Gasteiger partial charge in [0.1, 0.15) is 5.60 Å². The maximum absolute atomic E-state index is 14.4. The monoisotopic (exact) mass is 826 g/mol. The molecule has 1 aliphatic rings. The number of halogens is 17. The van der Waals surface area contributed by atoms with Gasteiger partial charge in [0.2, 0.25) is 5.91 Å². The number of carbonyl (C=O) groups is 2. The van der Waals surface area contributed by atoms with Crippen LogP contribution in [0.25, 0.3) is 11.1 Å². The van der Waals surface area contributed by atoms with E-state index in [0.29, 0.717) is 0 Å². The highest BCUT2D eigenvalue weighted by Crippen LogP contribution is 2.64. The summed E-state index contributed by atoms with van der Waals surface area (Å²) in [6.45, 7) is 1.25. The van der Waals surface area contributed by atoms with Gasteiger partial charge in [-0.05, 0) is 49.8 Å². The molecule has 1 aliphatic heterocycles. The molecule has 55 heavy (non-hydrogen) atoms. The molecule has 0 aromatic heterocycles. The van der Waals surface area contributed by atoms with Gasteiger partial charge in [0.25, 0.3) is 0 Å². The molecule has 0 unspecified atom stereocenters. The van der Waals surface area contributed by atoms with Gasteiger partial charge in [0, 0.05) is 32.0 Å². The number of carbonyl (C=O) groups excluding carboxylic acids is 2. The molecule has 2 aromatic rings. The summed E-state index contributed by atoms with van der Waals surface area (Å²) in [4.78, 5) is 26.3. The summed E-state index contributed by atoms with van der Waals surface area (Å²) in [5.41, 5.74) is 0.320. The van der Waals surface area contributed by atoms with Crippen LogP contribution in [0.15, 0.2) is 54.6 Å². The number of nitrogens with one attached hydrogen (secondary N) is 1. The van der Waals surface area contributed by atoms with E-state index in [4.69, 9.17) is 4.74 Å². The summed E-state index contributed by atoms with van der Waals surface area (Å²) in [6, 6.07) is 16.7. The van der Waals surface area contributed by atoms with Crippen LogP contribution >= 0.6 is 0 Å². The van der Waals surface area contributed by atoms with Crippen LogP contribution in [-0.4, -0.2) is 83.2 Å². The molecule has 1 heterocycles. The van der Waals surface area contributed by atoms with Crippen LogP contribution < -0.4 is 5.32 Å². The Kier molecular flexibility index (Phi) is 12.5. The van der Waals surface area contributed by atoms with Crippen molar-refractivity contribution in [3.05, 3.63) is 60.2 Å². The molecule has 22 heteroatoms. The third kappa shape index (κ3) is 8.56. The molecule has 3 rings (SSSR count). The Morgan fingerprint density at radius 3 is 1.53 bits per heavy atom. The lowest BCUT2D eigenvalue weighted by Crippen LogP contribution is -2.74. The van der Waals surface area contributed by atoms with Gasteiger partial charge in [-0.15, -0.1) is 0 Å². The molecule has 2 aromatic carbocycles. The Hall–Kier alpha value is -4.01. The van der Waals surface area contributed by atoms with Crippen LogP contribution in [0.4, 0.5) is 79.4 Å². The molecule has 5 nitrogen and oxygen atoms in total. The average molecular weight is 827 g/mol. The molecule has 2 amide bonds. The van der Waals surface area contributed by atoms with Gasteiger partial charge >= 0.3 is 53.7 Å². The first-order valence-corrected chi connectivity index (χ1v) is 15.9. The number of ether oxygens (including phenoxy) is 1. The van der Waals surface area contributed by atoms with E-state index < -0.39 is 78.1 Å². The number of hydrogen-bond donors (Lipinski definition) is 1. The molecular weight excluding hydrogens is 795 g/mol. The van der Waals surface area contributed by atoms with E-state index >= 15 is 0 Å². The van der Waals surface area contributed by atoms with Gasteiger partial charge in [-0.1, -0.05) is 54.6 Å². The van der Waals surface area contributed by atoms with Crippen LogP contribution in [-0.2, 0) is 16.1 Å². The number of rotatable bonds is 14. The fraction of sp³-hybridized carbons (Fsp3) is 0.576. The fourth-order valence-electron chi connectivity index (χ4n) is 5.27. The Morgan fingerprint density at radius 2 is 1.05 bits per heavy atom. The number of likely N-dealkylation sites (tertiary alicyclic amines) is 1. The second-order valence-electron chi connectivity index (χ2n) is 13.3. The largest absolute Gasteiger partial charge is 0.460 e. The quantitative estimate of drug-likeness (QED) is 0.193. The van der Waals surface area contributed by atoms with Crippen LogP contribution in [0.2, 0.25) is 0 Å². The lowest BCUT2D eigenvalue weighted by Gasteiger charge is -2.43. The predicted molar refractivity (Wildman–Crippen MR) is 158 cm³/mol. The summed E-state index contributed by atoms with van der Waals surface area (Å²) >= 11 is 0. The Labute approximate surface area is 301 Å². The molecule has 0 aliphatic carbocycles. The Morgan fingerprint density at radius 1 is 0.618 bits per heavy atom. The van der Waals surface area contributed by atoms with Gasteiger partial charge in [-0.2, -0.15) is 74.6 Å². The first kappa shape index (κ1) is 45.4. The van der Waals surface area contributed by atoms with Crippen LogP contribution in [0.5, 0.6) is 0 Å². The van der Waals surface area contributed by atoms with Gasteiger partial charge in [0.05, 0.1) is 0 Å². The number of hydrogen-bond acceptors (Lipinski definition) is 3. The molecule has 1 saturated heterocycles. The summed E-state index contributed by atoms with van der Waals surface area (Å²) in [6.07, 6.45) is -13.4. The summed E-state index contributed by atoms with van der Waals surface area (Å²) in [7, 11) is 0. The number of piperidine rings is 1. The van der Waals surface area contributed by atoms with Crippen molar-refractivity contribution in [2.75, 3.05) is 13.1 Å². The minimum absolute atomic E-state index is 0.0421. The second-order valence-corrected chi connectivity index (χ2v) is 13.3. The van der Waals surface area contributed by atoms with Crippen molar-refractivity contribution in [1.29, 1.82) is 0 Å². The zero-order valence-electron chi connectivity index (χ0n) is 28.3. The molecule has 0 bridgehead atoms. The van der Waals surface area contributed by atoms with Crippen molar-refractivity contribution >= 4 is 12.0 Å². The molecule has 0 saturated carbocycles.